The van der Waals surface area contributed by atoms with Crippen LogP contribution in [0.5, 0.6) is 0 Å². The third-order valence-corrected chi connectivity index (χ3v) is 6.73. The molecule has 0 bridgehead atoms. The van der Waals surface area contributed by atoms with Gasteiger partial charge in [-0.1, -0.05) is 12.1 Å². The van der Waals surface area contributed by atoms with Crippen LogP contribution in [0.2, 0.25) is 0 Å². The van der Waals surface area contributed by atoms with Gasteiger partial charge in [-0.25, -0.2) is 14.9 Å². The highest BCUT2D eigenvalue weighted by Gasteiger charge is 2.31. The molecule has 2 saturated heterocycles. The summed E-state index contributed by atoms with van der Waals surface area (Å²) >= 11 is 0. The van der Waals surface area contributed by atoms with Crippen molar-refractivity contribution in [2.45, 2.75) is 51.1 Å². The van der Waals surface area contributed by atoms with Crippen LogP contribution in [-0.2, 0) is 0 Å². The standard InChI is InChI=1S/C21H30N6O/c1-16-6-15-26(23-16)25-13-9-17(10-14-25)24-11-7-18(8-12-24)27-20-5-3-2-4-19(20)22-21(27)28/h2-5,17-18H,6-15H2,1H3,(H,22,28). The zero-order valence-corrected chi connectivity index (χ0v) is 16.7. The van der Waals surface area contributed by atoms with E-state index in [0.717, 1.165) is 63.0 Å². The molecule has 0 amide bonds. The van der Waals surface area contributed by atoms with Crippen LogP contribution in [0.25, 0.3) is 11.0 Å². The van der Waals surface area contributed by atoms with Crippen molar-refractivity contribution in [2.24, 2.45) is 5.10 Å². The van der Waals surface area contributed by atoms with Gasteiger partial charge in [-0.2, -0.15) is 5.10 Å². The first-order chi connectivity index (χ1) is 13.7. The van der Waals surface area contributed by atoms with Crippen LogP contribution in [0.1, 0.15) is 45.1 Å². The maximum atomic E-state index is 12.5. The minimum Gasteiger partial charge on any atom is -0.306 e. The van der Waals surface area contributed by atoms with E-state index in [-0.39, 0.29) is 5.69 Å². The maximum absolute atomic E-state index is 12.5. The maximum Gasteiger partial charge on any atom is 0.326 e. The number of nitrogens with one attached hydrogen (secondary N) is 1. The van der Waals surface area contributed by atoms with Gasteiger partial charge in [0.15, 0.2) is 0 Å². The van der Waals surface area contributed by atoms with E-state index in [0.29, 0.717) is 12.1 Å². The Morgan fingerprint density at radius 2 is 1.68 bits per heavy atom. The normalized spacial score (nSPS) is 23.6. The second-order valence-electron chi connectivity index (χ2n) is 8.45. The summed E-state index contributed by atoms with van der Waals surface area (Å²) in [6.45, 7) is 7.54. The molecular formula is C21H30N6O. The quantitative estimate of drug-likeness (QED) is 0.886. The van der Waals surface area contributed by atoms with Crippen LogP contribution in [0, 0.1) is 0 Å². The van der Waals surface area contributed by atoms with Crippen LogP contribution in [0.3, 0.4) is 0 Å². The molecule has 2 fully saturated rings. The summed E-state index contributed by atoms with van der Waals surface area (Å²) < 4.78 is 1.99. The predicted molar refractivity (Wildman–Crippen MR) is 111 cm³/mol. The summed E-state index contributed by atoms with van der Waals surface area (Å²) in [7, 11) is 0. The molecule has 0 spiro atoms. The summed E-state index contributed by atoms with van der Waals surface area (Å²) in [4.78, 5) is 18.1. The fourth-order valence-electron chi connectivity index (χ4n) is 5.16. The Balaban J connectivity index is 1.19. The summed E-state index contributed by atoms with van der Waals surface area (Å²) in [5, 5.41) is 9.25. The Morgan fingerprint density at radius 3 is 2.39 bits per heavy atom. The van der Waals surface area contributed by atoms with Crippen LogP contribution in [0.4, 0.5) is 0 Å². The second-order valence-corrected chi connectivity index (χ2v) is 8.45. The number of piperidine rings is 2. The number of hydrogen-bond donors (Lipinski definition) is 1. The molecule has 0 aliphatic carbocycles. The van der Waals surface area contributed by atoms with E-state index >= 15 is 0 Å². The molecule has 1 aromatic carbocycles. The minimum absolute atomic E-state index is 0.0365. The zero-order chi connectivity index (χ0) is 19.1. The lowest BCUT2D eigenvalue weighted by Gasteiger charge is -2.43. The molecule has 28 heavy (non-hydrogen) atoms. The fraction of sp³-hybridized carbons (Fsp3) is 0.619. The van der Waals surface area contributed by atoms with Crippen LogP contribution in [-0.4, -0.2) is 69.1 Å². The second kappa shape index (κ2) is 7.37. The van der Waals surface area contributed by atoms with Gasteiger partial charge in [-0.3, -0.25) is 4.57 Å². The van der Waals surface area contributed by atoms with Gasteiger partial charge in [0.05, 0.1) is 17.6 Å². The van der Waals surface area contributed by atoms with Crippen LogP contribution >= 0.6 is 0 Å². The molecule has 1 aromatic heterocycles. The SMILES string of the molecule is CC1=NN(N2CCC(N3CCC(n4c(=O)[nH]c5ccccc54)CC3)CC2)CC1. The van der Waals surface area contributed by atoms with E-state index in [1.54, 1.807) is 0 Å². The summed E-state index contributed by atoms with van der Waals surface area (Å²) in [5.74, 6) is 0. The van der Waals surface area contributed by atoms with E-state index in [2.05, 4.69) is 38.1 Å². The molecule has 2 aromatic rings. The molecule has 3 aliphatic rings. The van der Waals surface area contributed by atoms with E-state index in [4.69, 9.17) is 0 Å². The molecule has 0 saturated carbocycles. The highest BCUT2D eigenvalue weighted by molar-refractivity contribution is 5.82. The summed E-state index contributed by atoms with van der Waals surface area (Å²) in [6, 6.07) is 9.01. The third kappa shape index (κ3) is 3.26. The number of benzene rings is 1. The number of nitrogens with zero attached hydrogens (tertiary/aromatic N) is 5. The molecule has 150 valence electrons. The number of aromatic amines is 1. The first-order valence-electron chi connectivity index (χ1n) is 10.7. The van der Waals surface area contributed by atoms with E-state index in [1.807, 2.05) is 22.8 Å². The van der Waals surface area contributed by atoms with Gasteiger partial charge in [0.25, 0.3) is 0 Å². The van der Waals surface area contributed by atoms with Gasteiger partial charge in [0, 0.05) is 50.4 Å². The lowest BCUT2D eigenvalue weighted by atomic mass is 9.98. The van der Waals surface area contributed by atoms with Crippen molar-refractivity contribution in [2.75, 3.05) is 32.7 Å². The first-order valence-corrected chi connectivity index (χ1v) is 10.7. The Hall–Kier alpha value is -2.12. The molecule has 0 radical (unpaired) electrons. The molecule has 7 heteroatoms. The smallest absolute Gasteiger partial charge is 0.306 e. The number of imidazole rings is 1. The predicted octanol–water partition coefficient (Wildman–Crippen LogP) is 2.43. The van der Waals surface area contributed by atoms with Crippen LogP contribution < -0.4 is 5.69 Å². The van der Waals surface area contributed by atoms with Gasteiger partial charge in [-0.15, -0.1) is 0 Å². The summed E-state index contributed by atoms with van der Waals surface area (Å²) in [5.41, 5.74) is 3.27. The van der Waals surface area contributed by atoms with Gasteiger partial charge in [-0.05, 0) is 44.7 Å². The summed E-state index contributed by atoms with van der Waals surface area (Å²) in [6.07, 6.45) is 5.63. The highest BCUT2D eigenvalue weighted by Crippen LogP contribution is 2.28. The van der Waals surface area contributed by atoms with Crippen molar-refractivity contribution in [1.82, 2.24) is 24.6 Å². The zero-order valence-electron chi connectivity index (χ0n) is 16.7. The van der Waals surface area contributed by atoms with Gasteiger partial charge >= 0.3 is 5.69 Å². The molecule has 7 nitrogen and oxygen atoms in total. The molecule has 0 unspecified atom stereocenters. The molecule has 1 N–H and O–H groups in total. The van der Waals surface area contributed by atoms with Crippen molar-refractivity contribution in [3.05, 3.63) is 34.7 Å². The number of H-pyrrole nitrogens is 1. The number of hydrazone groups is 1. The lowest BCUT2D eigenvalue weighted by molar-refractivity contribution is -0.0498. The van der Waals surface area contributed by atoms with Gasteiger partial charge in [0.1, 0.15) is 0 Å². The molecular weight excluding hydrogens is 352 g/mol. The van der Waals surface area contributed by atoms with E-state index in [1.165, 1.54) is 18.6 Å². The fourth-order valence-corrected chi connectivity index (χ4v) is 5.16. The number of aromatic nitrogens is 2. The topological polar surface area (TPSA) is 59.9 Å². The minimum atomic E-state index is 0.0365. The van der Waals surface area contributed by atoms with E-state index in [9.17, 15) is 4.79 Å². The van der Waals surface area contributed by atoms with Crippen molar-refractivity contribution >= 4 is 16.7 Å². The average molecular weight is 383 g/mol. The van der Waals surface area contributed by atoms with Crippen molar-refractivity contribution in [3.63, 3.8) is 0 Å². The van der Waals surface area contributed by atoms with Gasteiger partial charge in [0.2, 0.25) is 0 Å². The number of likely N-dealkylation sites (tertiary alicyclic amines) is 1. The number of hydrogen-bond acceptors (Lipinski definition) is 5. The number of rotatable bonds is 3. The highest BCUT2D eigenvalue weighted by atomic mass is 16.1. The number of hydrazine groups is 1. The molecule has 5 rings (SSSR count). The van der Waals surface area contributed by atoms with Crippen LogP contribution in [0.15, 0.2) is 34.2 Å². The largest absolute Gasteiger partial charge is 0.326 e. The Kier molecular flexibility index (Phi) is 4.72. The monoisotopic (exact) mass is 382 g/mol. The lowest BCUT2D eigenvalue weighted by Crippen LogP contribution is -2.51. The Labute approximate surface area is 165 Å². The average Bonchev–Trinajstić information content (AvgIpc) is 3.31. The van der Waals surface area contributed by atoms with Gasteiger partial charge < -0.3 is 9.88 Å². The van der Waals surface area contributed by atoms with Crippen molar-refractivity contribution in [1.29, 1.82) is 0 Å². The Bertz CT molecular complexity index is 914. The Morgan fingerprint density at radius 1 is 0.964 bits per heavy atom. The molecule has 4 heterocycles. The molecule has 3 aliphatic heterocycles. The number of para-hydroxylation sites is 2. The third-order valence-electron chi connectivity index (χ3n) is 6.73. The van der Waals surface area contributed by atoms with E-state index < -0.39 is 0 Å². The molecule has 0 atom stereocenters. The first kappa shape index (κ1) is 17.9. The number of fused-ring (bicyclic) bond motifs is 1. The van der Waals surface area contributed by atoms with Crippen molar-refractivity contribution in [3.8, 4) is 0 Å². The van der Waals surface area contributed by atoms with Crippen molar-refractivity contribution < 1.29 is 0 Å².